The van der Waals surface area contributed by atoms with Gasteiger partial charge in [-0.15, -0.1) is 0 Å². The summed E-state index contributed by atoms with van der Waals surface area (Å²) in [6.07, 6.45) is 1.17. The second kappa shape index (κ2) is 6.83. The van der Waals surface area contributed by atoms with Crippen LogP contribution in [-0.4, -0.2) is 28.4 Å². The van der Waals surface area contributed by atoms with Gasteiger partial charge in [-0.05, 0) is 25.3 Å². The smallest absolute Gasteiger partial charge is 0.287 e. The maximum absolute atomic E-state index is 11.8. The largest absolute Gasteiger partial charge is 0.358 e. The van der Waals surface area contributed by atoms with Gasteiger partial charge in [-0.25, -0.2) is 4.98 Å². The number of aryl methyl sites for hydroxylation is 1. The number of nitrogens with one attached hydrogen (secondary N) is 2. The molecule has 1 atom stereocenters. The van der Waals surface area contributed by atoms with Gasteiger partial charge >= 0.3 is 0 Å². The summed E-state index contributed by atoms with van der Waals surface area (Å²) in [6, 6.07) is 0.968. The molecule has 0 aliphatic rings. The van der Waals surface area contributed by atoms with Crippen molar-refractivity contribution in [2.75, 3.05) is 11.9 Å². The number of hydrogen-bond acceptors (Lipinski definition) is 5. The highest BCUT2D eigenvalue weighted by molar-refractivity contribution is 5.84. The molecule has 0 aliphatic heterocycles. The number of hydrogen-bond donors (Lipinski definition) is 2. The van der Waals surface area contributed by atoms with Gasteiger partial charge in [-0.1, -0.05) is 13.8 Å². The molecule has 0 spiro atoms. The van der Waals surface area contributed by atoms with Gasteiger partial charge in [0.05, 0.1) is 4.92 Å². The minimum absolute atomic E-state index is 0.0648. The zero-order valence-corrected chi connectivity index (χ0v) is 12.1. The minimum atomic E-state index is -0.497. The number of rotatable bonds is 6. The maximum atomic E-state index is 11.8. The van der Waals surface area contributed by atoms with Gasteiger partial charge in [0.1, 0.15) is 18.1 Å². The monoisotopic (exact) mass is 280 g/mol. The molecule has 1 heterocycles. The highest BCUT2D eigenvalue weighted by Crippen LogP contribution is 2.18. The summed E-state index contributed by atoms with van der Waals surface area (Å²) >= 11 is 0. The number of carbonyl (C=O) groups excluding carboxylic acids is 1. The molecule has 20 heavy (non-hydrogen) atoms. The van der Waals surface area contributed by atoms with Crippen LogP contribution in [0.5, 0.6) is 0 Å². The molecular weight excluding hydrogens is 260 g/mol. The summed E-state index contributed by atoms with van der Waals surface area (Å²) in [4.78, 5) is 25.9. The Morgan fingerprint density at radius 2 is 2.10 bits per heavy atom. The Morgan fingerprint density at radius 1 is 1.45 bits per heavy atom. The quantitative estimate of drug-likeness (QED) is 0.612. The van der Waals surface area contributed by atoms with E-state index in [-0.39, 0.29) is 11.6 Å². The van der Waals surface area contributed by atoms with Crippen LogP contribution >= 0.6 is 0 Å². The first kappa shape index (κ1) is 15.9. The lowest BCUT2D eigenvalue weighted by Crippen LogP contribution is -2.39. The molecule has 0 aromatic carbocycles. The van der Waals surface area contributed by atoms with E-state index in [2.05, 4.69) is 15.6 Å². The van der Waals surface area contributed by atoms with Crippen LogP contribution in [0.4, 0.5) is 11.5 Å². The molecule has 0 saturated carbocycles. The lowest BCUT2D eigenvalue weighted by atomic mass is 10.2. The summed E-state index contributed by atoms with van der Waals surface area (Å²) in [5, 5.41) is 16.4. The van der Waals surface area contributed by atoms with Gasteiger partial charge in [-0.2, -0.15) is 0 Å². The lowest BCUT2D eigenvalue weighted by Gasteiger charge is -2.16. The van der Waals surface area contributed by atoms with Gasteiger partial charge in [-0.3, -0.25) is 14.9 Å². The normalized spacial score (nSPS) is 12.1. The third-order valence-corrected chi connectivity index (χ3v) is 2.71. The Labute approximate surface area is 117 Å². The van der Waals surface area contributed by atoms with E-state index in [0.717, 1.165) is 0 Å². The van der Waals surface area contributed by atoms with Crippen molar-refractivity contribution in [2.45, 2.75) is 33.7 Å². The van der Waals surface area contributed by atoms with Crippen molar-refractivity contribution in [1.82, 2.24) is 10.3 Å². The first-order chi connectivity index (χ1) is 9.31. The van der Waals surface area contributed by atoms with E-state index < -0.39 is 11.0 Å². The first-order valence-electron chi connectivity index (χ1n) is 6.46. The van der Waals surface area contributed by atoms with Crippen molar-refractivity contribution in [3.63, 3.8) is 0 Å². The Bertz CT molecular complexity index is 502. The number of carbonyl (C=O) groups is 1. The van der Waals surface area contributed by atoms with Gasteiger partial charge in [0.25, 0.3) is 5.69 Å². The maximum Gasteiger partial charge on any atom is 0.287 e. The molecular formula is C13H20N4O3. The van der Waals surface area contributed by atoms with E-state index in [1.807, 2.05) is 13.8 Å². The van der Waals surface area contributed by atoms with E-state index in [4.69, 9.17) is 0 Å². The number of nitrogens with zero attached hydrogens (tertiary/aromatic N) is 2. The molecule has 0 aliphatic carbocycles. The second-order valence-corrected chi connectivity index (χ2v) is 5.12. The second-order valence-electron chi connectivity index (χ2n) is 5.12. The summed E-state index contributed by atoms with van der Waals surface area (Å²) < 4.78 is 0. The SMILES string of the molecule is Cc1cc([N+](=O)[O-])cnc1NC(C)C(=O)NCC(C)C. The average molecular weight is 280 g/mol. The number of nitro groups is 1. The molecule has 110 valence electrons. The molecule has 1 unspecified atom stereocenters. The van der Waals surface area contributed by atoms with Crippen LogP contribution in [-0.2, 0) is 4.79 Å². The van der Waals surface area contributed by atoms with Crippen molar-refractivity contribution in [3.8, 4) is 0 Å². The molecule has 1 aromatic rings. The van der Waals surface area contributed by atoms with Gasteiger partial charge in [0.15, 0.2) is 0 Å². The fourth-order valence-corrected chi connectivity index (χ4v) is 1.54. The van der Waals surface area contributed by atoms with E-state index in [1.165, 1.54) is 12.3 Å². The van der Waals surface area contributed by atoms with E-state index in [9.17, 15) is 14.9 Å². The zero-order chi connectivity index (χ0) is 15.3. The fraction of sp³-hybridized carbons (Fsp3) is 0.538. The van der Waals surface area contributed by atoms with Gasteiger partial charge in [0.2, 0.25) is 5.91 Å². The third kappa shape index (κ3) is 4.49. The number of aromatic nitrogens is 1. The first-order valence-corrected chi connectivity index (χ1v) is 6.46. The van der Waals surface area contributed by atoms with E-state index >= 15 is 0 Å². The van der Waals surface area contributed by atoms with E-state index in [0.29, 0.717) is 23.8 Å². The zero-order valence-electron chi connectivity index (χ0n) is 12.1. The average Bonchev–Trinajstić information content (AvgIpc) is 2.37. The molecule has 1 rings (SSSR count). The molecule has 0 fully saturated rings. The van der Waals surface area contributed by atoms with Crippen molar-refractivity contribution < 1.29 is 9.72 Å². The highest BCUT2D eigenvalue weighted by Gasteiger charge is 2.16. The highest BCUT2D eigenvalue weighted by atomic mass is 16.6. The van der Waals surface area contributed by atoms with E-state index in [1.54, 1.807) is 13.8 Å². The van der Waals surface area contributed by atoms with Crippen LogP contribution in [0, 0.1) is 23.0 Å². The lowest BCUT2D eigenvalue weighted by molar-refractivity contribution is -0.385. The van der Waals surface area contributed by atoms with Crippen molar-refractivity contribution in [1.29, 1.82) is 0 Å². The number of anilines is 1. The van der Waals surface area contributed by atoms with Gasteiger partial charge in [0, 0.05) is 12.6 Å². The van der Waals surface area contributed by atoms with Crippen molar-refractivity contribution in [2.24, 2.45) is 5.92 Å². The fourth-order valence-electron chi connectivity index (χ4n) is 1.54. The Morgan fingerprint density at radius 3 is 2.60 bits per heavy atom. The molecule has 1 aromatic heterocycles. The predicted molar refractivity (Wildman–Crippen MR) is 76.6 cm³/mol. The minimum Gasteiger partial charge on any atom is -0.358 e. The third-order valence-electron chi connectivity index (χ3n) is 2.71. The van der Waals surface area contributed by atoms with Crippen molar-refractivity contribution >= 4 is 17.4 Å². The van der Waals surface area contributed by atoms with Crippen LogP contribution in [0.2, 0.25) is 0 Å². The van der Waals surface area contributed by atoms with Crippen LogP contribution in [0.15, 0.2) is 12.3 Å². The Hall–Kier alpha value is -2.18. The summed E-state index contributed by atoms with van der Waals surface area (Å²) in [7, 11) is 0. The predicted octanol–water partition coefficient (Wildman–Crippen LogP) is 1.87. The molecule has 7 nitrogen and oxygen atoms in total. The topological polar surface area (TPSA) is 97.2 Å². The number of amides is 1. The van der Waals surface area contributed by atoms with Crippen molar-refractivity contribution in [3.05, 3.63) is 27.9 Å². The van der Waals surface area contributed by atoms with Crippen LogP contribution in [0.25, 0.3) is 0 Å². The molecule has 0 radical (unpaired) electrons. The van der Waals surface area contributed by atoms with Crippen LogP contribution in [0.1, 0.15) is 26.3 Å². The Balaban J connectivity index is 2.68. The Kier molecular flexibility index (Phi) is 5.42. The summed E-state index contributed by atoms with van der Waals surface area (Å²) in [5.41, 5.74) is 0.563. The molecule has 0 saturated heterocycles. The molecule has 0 bridgehead atoms. The number of pyridine rings is 1. The standard InChI is InChI=1S/C13H20N4O3/c1-8(2)6-15-13(18)10(4)16-12-9(3)5-11(7-14-12)17(19)20/h5,7-8,10H,6H2,1-4H3,(H,14,16)(H,15,18). The molecule has 2 N–H and O–H groups in total. The van der Waals surface area contributed by atoms with Gasteiger partial charge < -0.3 is 10.6 Å². The molecule has 7 heteroatoms. The van der Waals surface area contributed by atoms with Crippen LogP contribution in [0.3, 0.4) is 0 Å². The summed E-state index contributed by atoms with van der Waals surface area (Å²) in [6.45, 7) is 8.07. The van der Waals surface area contributed by atoms with Crippen LogP contribution < -0.4 is 10.6 Å². The summed E-state index contributed by atoms with van der Waals surface area (Å²) in [5.74, 6) is 0.728. The molecule has 1 amide bonds.